The number of carbonyl (C=O) groups is 1. The summed E-state index contributed by atoms with van der Waals surface area (Å²) in [5.74, 6) is 1.21. The first-order valence-corrected chi connectivity index (χ1v) is 11.0. The van der Waals surface area contributed by atoms with Gasteiger partial charge in [0.05, 0.1) is 25.0 Å². The van der Waals surface area contributed by atoms with E-state index in [1.807, 2.05) is 25.3 Å². The molecule has 4 rings (SSSR count). The molecule has 2 aromatic rings. The van der Waals surface area contributed by atoms with Crippen LogP contribution in [0.25, 0.3) is 0 Å². The molecule has 0 aromatic carbocycles. The molecule has 2 aromatic heterocycles. The van der Waals surface area contributed by atoms with Gasteiger partial charge >= 0.3 is 0 Å². The highest BCUT2D eigenvalue weighted by Gasteiger charge is 2.38. The van der Waals surface area contributed by atoms with Crippen molar-refractivity contribution >= 4 is 34.8 Å². The summed E-state index contributed by atoms with van der Waals surface area (Å²) in [5.41, 5.74) is 1.92. The third kappa shape index (κ3) is 4.80. The minimum absolute atomic E-state index is 0.0233. The molecular formula is C18H23N5O3S2. The fourth-order valence-electron chi connectivity index (χ4n) is 3.27. The highest BCUT2D eigenvalue weighted by atomic mass is 32.2. The van der Waals surface area contributed by atoms with Gasteiger partial charge in [0, 0.05) is 35.9 Å². The quantitative estimate of drug-likeness (QED) is 0.726. The van der Waals surface area contributed by atoms with E-state index in [9.17, 15) is 4.79 Å². The van der Waals surface area contributed by atoms with Crippen molar-refractivity contribution in [3.8, 4) is 0 Å². The van der Waals surface area contributed by atoms with Gasteiger partial charge in [0.2, 0.25) is 5.91 Å². The maximum atomic E-state index is 12.2. The number of aromatic nitrogens is 3. The third-order valence-electron chi connectivity index (χ3n) is 4.64. The molecule has 28 heavy (non-hydrogen) atoms. The second-order valence-electron chi connectivity index (χ2n) is 6.97. The molecule has 2 atom stereocenters. The van der Waals surface area contributed by atoms with Crippen LogP contribution in [0.2, 0.25) is 0 Å². The SMILES string of the molecule is Cc1cc(N2C[C@@H]3OCC(NC(=O)CSc4nc(C)cs4)CO[C@H]3C2)ncn1. The Balaban J connectivity index is 1.25. The van der Waals surface area contributed by atoms with Gasteiger partial charge in [0.15, 0.2) is 4.34 Å². The number of thioether (sulfide) groups is 1. The Morgan fingerprint density at radius 3 is 2.64 bits per heavy atom. The molecule has 4 heterocycles. The van der Waals surface area contributed by atoms with Gasteiger partial charge in [-0.3, -0.25) is 4.79 Å². The molecule has 150 valence electrons. The molecule has 2 aliphatic heterocycles. The standard InChI is InChI=1S/C18H23N5O3S2/c1-11-3-16(20-10-19-11)23-4-14-15(5-23)26-7-13(6-25-14)22-17(24)9-28-18-21-12(2)8-27-18/h3,8,10,13-15H,4-7,9H2,1-2H3,(H,22,24)/t14-,15-/m0/s1. The summed E-state index contributed by atoms with van der Waals surface area (Å²) >= 11 is 3.01. The lowest BCUT2D eigenvalue weighted by molar-refractivity contribution is -0.119. The largest absolute Gasteiger partial charge is 0.371 e. The van der Waals surface area contributed by atoms with Gasteiger partial charge in [-0.1, -0.05) is 11.8 Å². The molecule has 0 unspecified atom stereocenters. The number of ether oxygens (including phenoxy) is 2. The fraction of sp³-hybridized carbons (Fsp3) is 0.556. The van der Waals surface area contributed by atoms with Crippen LogP contribution < -0.4 is 10.2 Å². The molecule has 0 saturated carbocycles. The summed E-state index contributed by atoms with van der Waals surface area (Å²) in [6.07, 6.45) is 1.53. The normalized spacial score (nSPS) is 22.7. The van der Waals surface area contributed by atoms with Crippen molar-refractivity contribution in [2.45, 2.75) is 36.4 Å². The van der Waals surface area contributed by atoms with Crippen LogP contribution in [0.5, 0.6) is 0 Å². The number of hydrogen-bond acceptors (Lipinski definition) is 9. The summed E-state index contributed by atoms with van der Waals surface area (Å²) in [5, 5.41) is 4.99. The average molecular weight is 422 g/mol. The summed E-state index contributed by atoms with van der Waals surface area (Å²) in [7, 11) is 0. The predicted molar refractivity (Wildman–Crippen MR) is 108 cm³/mol. The first-order chi connectivity index (χ1) is 13.6. The number of aryl methyl sites for hydroxylation is 2. The number of thiazole rings is 1. The Bertz CT molecular complexity index is 817. The topological polar surface area (TPSA) is 89.5 Å². The van der Waals surface area contributed by atoms with Crippen molar-refractivity contribution in [3.05, 3.63) is 29.2 Å². The van der Waals surface area contributed by atoms with Crippen molar-refractivity contribution in [2.75, 3.05) is 37.0 Å². The maximum Gasteiger partial charge on any atom is 0.230 e. The van der Waals surface area contributed by atoms with Crippen LogP contribution >= 0.6 is 23.1 Å². The number of rotatable bonds is 5. The van der Waals surface area contributed by atoms with E-state index in [-0.39, 0.29) is 24.2 Å². The predicted octanol–water partition coefficient (Wildman–Crippen LogP) is 1.43. The lowest BCUT2D eigenvalue weighted by Gasteiger charge is -2.20. The van der Waals surface area contributed by atoms with Crippen LogP contribution in [0.1, 0.15) is 11.4 Å². The highest BCUT2D eigenvalue weighted by molar-refractivity contribution is 8.01. The van der Waals surface area contributed by atoms with E-state index in [0.29, 0.717) is 19.0 Å². The van der Waals surface area contributed by atoms with Crippen LogP contribution in [0, 0.1) is 13.8 Å². The van der Waals surface area contributed by atoms with Gasteiger partial charge < -0.3 is 19.7 Å². The molecule has 0 bridgehead atoms. The van der Waals surface area contributed by atoms with Gasteiger partial charge in [-0.25, -0.2) is 15.0 Å². The highest BCUT2D eigenvalue weighted by Crippen LogP contribution is 2.25. The fourth-order valence-corrected chi connectivity index (χ4v) is 4.93. The lowest BCUT2D eigenvalue weighted by Crippen LogP contribution is -2.42. The van der Waals surface area contributed by atoms with Gasteiger partial charge in [-0.05, 0) is 13.8 Å². The monoisotopic (exact) mass is 421 g/mol. The first kappa shape index (κ1) is 19.6. The number of nitrogens with one attached hydrogen (secondary N) is 1. The third-order valence-corrected chi connectivity index (χ3v) is 6.78. The first-order valence-electron chi connectivity index (χ1n) is 9.18. The van der Waals surface area contributed by atoms with E-state index in [2.05, 4.69) is 25.2 Å². The van der Waals surface area contributed by atoms with Crippen LogP contribution in [0.15, 0.2) is 22.1 Å². The minimum atomic E-state index is -0.133. The van der Waals surface area contributed by atoms with E-state index in [1.54, 1.807) is 17.7 Å². The van der Waals surface area contributed by atoms with E-state index >= 15 is 0 Å². The Labute approximate surface area is 172 Å². The number of nitrogens with zero attached hydrogens (tertiary/aromatic N) is 4. The molecule has 2 aliphatic rings. The van der Waals surface area contributed by atoms with E-state index < -0.39 is 0 Å². The summed E-state index contributed by atoms with van der Waals surface area (Å²) in [4.78, 5) is 27.2. The van der Waals surface area contributed by atoms with Crippen molar-refractivity contribution in [3.63, 3.8) is 0 Å². The smallest absolute Gasteiger partial charge is 0.230 e. The zero-order valence-corrected chi connectivity index (χ0v) is 17.5. The summed E-state index contributed by atoms with van der Waals surface area (Å²) < 4.78 is 13.0. The minimum Gasteiger partial charge on any atom is -0.371 e. The zero-order valence-electron chi connectivity index (χ0n) is 15.8. The van der Waals surface area contributed by atoms with E-state index in [0.717, 1.165) is 34.6 Å². The number of carbonyl (C=O) groups excluding carboxylic acids is 1. The molecule has 2 fully saturated rings. The average Bonchev–Trinajstić information content (AvgIpc) is 3.24. The summed E-state index contributed by atoms with van der Waals surface area (Å²) in [6.45, 7) is 6.25. The van der Waals surface area contributed by atoms with Crippen molar-refractivity contribution in [1.82, 2.24) is 20.3 Å². The molecular weight excluding hydrogens is 398 g/mol. The molecule has 0 aliphatic carbocycles. The van der Waals surface area contributed by atoms with Crippen LogP contribution in [-0.2, 0) is 14.3 Å². The van der Waals surface area contributed by atoms with Crippen LogP contribution in [-0.4, -0.2) is 71.2 Å². The van der Waals surface area contributed by atoms with Crippen molar-refractivity contribution in [2.24, 2.45) is 0 Å². The molecule has 0 radical (unpaired) electrons. The molecule has 8 nitrogen and oxygen atoms in total. The van der Waals surface area contributed by atoms with Crippen LogP contribution in [0.3, 0.4) is 0 Å². The zero-order chi connectivity index (χ0) is 19.5. The Kier molecular flexibility index (Phi) is 6.10. The second-order valence-corrected chi connectivity index (χ2v) is 9.05. The van der Waals surface area contributed by atoms with E-state index in [4.69, 9.17) is 9.47 Å². The number of amides is 1. The Morgan fingerprint density at radius 1 is 1.25 bits per heavy atom. The van der Waals surface area contributed by atoms with Crippen molar-refractivity contribution in [1.29, 1.82) is 0 Å². The Morgan fingerprint density at radius 2 is 2.00 bits per heavy atom. The van der Waals surface area contributed by atoms with Crippen LogP contribution in [0.4, 0.5) is 5.82 Å². The maximum absolute atomic E-state index is 12.2. The van der Waals surface area contributed by atoms with Gasteiger partial charge in [-0.15, -0.1) is 11.3 Å². The number of anilines is 1. The molecule has 1 amide bonds. The molecule has 0 spiro atoms. The number of fused-ring (bicyclic) bond motifs is 1. The van der Waals surface area contributed by atoms with Gasteiger partial charge in [0.25, 0.3) is 0 Å². The summed E-state index contributed by atoms with van der Waals surface area (Å²) in [6, 6.07) is 1.84. The van der Waals surface area contributed by atoms with Gasteiger partial charge in [0.1, 0.15) is 24.4 Å². The van der Waals surface area contributed by atoms with Crippen molar-refractivity contribution < 1.29 is 14.3 Å². The molecule has 1 N–H and O–H groups in total. The second kappa shape index (κ2) is 8.73. The lowest BCUT2D eigenvalue weighted by atomic mass is 10.3. The molecule has 10 heteroatoms. The van der Waals surface area contributed by atoms with E-state index in [1.165, 1.54) is 11.8 Å². The number of hydrogen-bond donors (Lipinski definition) is 1. The Hall–Kier alpha value is -1.75. The molecule has 2 saturated heterocycles. The van der Waals surface area contributed by atoms with Gasteiger partial charge in [-0.2, -0.15) is 0 Å².